The van der Waals surface area contributed by atoms with Crippen molar-refractivity contribution in [1.29, 1.82) is 0 Å². The van der Waals surface area contributed by atoms with Gasteiger partial charge in [0.2, 0.25) is 10.0 Å². The third kappa shape index (κ3) is 3.65. The van der Waals surface area contributed by atoms with E-state index in [9.17, 15) is 8.42 Å². The minimum atomic E-state index is -3.48. The molecule has 3 rings (SSSR count). The van der Waals surface area contributed by atoms with Gasteiger partial charge in [-0.25, -0.2) is 18.1 Å². The molecule has 1 aromatic carbocycles. The van der Waals surface area contributed by atoms with Gasteiger partial charge in [-0.3, -0.25) is 0 Å². The summed E-state index contributed by atoms with van der Waals surface area (Å²) in [7, 11) is -3.48. The van der Waals surface area contributed by atoms with Crippen LogP contribution < -0.4 is 10.0 Å². The van der Waals surface area contributed by atoms with E-state index in [1.165, 1.54) is 37.0 Å². The van der Waals surface area contributed by atoms with Crippen LogP contribution in [0.3, 0.4) is 0 Å². The van der Waals surface area contributed by atoms with E-state index in [2.05, 4.69) is 15.0 Å². The highest BCUT2D eigenvalue weighted by molar-refractivity contribution is 7.90. The van der Waals surface area contributed by atoms with Crippen molar-refractivity contribution >= 4 is 31.6 Å². The molecule has 1 aliphatic rings. The third-order valence-corrected chi connectivity index (χ3v) is 6.62. The van der Waals surface area contributed by atoms with Crippen LogP contribution in [0.15, 0.2) is 28.6 Å². The molecule has 1 aromatic heterocycles. The Morgan fingerprint density at radius 2 is 2.05 bits per heavy atom. The molecule has 0 saturated heterocycles. The summed E-state index contributed by atoms with van der Waals surface area (Å²) >= 11 is 1.36. The second kappa shape index (κ2) is 7.04. The topological polar surface area (TPSA) is 71.1 Å². The standard InChI is InChI=1S/C15H21N3O2S2/c19-22(20,14-7-3-6-13-15(14)21-11-17-13)18-9-8-16-10-12-4-1-2-5-12/h3,6-7,11-12,16,18H,1-2,4-5,8-10H2. The zero-order valence-corrected chi connectivity index (χ0v) is 14.0. The number of nitrogens with zero attached hydrogens (tertiary/aromatic N) is 1. The molecule has 2 aromatic rings. The first-order chi connectivity index (χ1) is 10.7. The van der Waals surface area contributed by atoms with Crippen LogP contribution in [-0.2, 0) is 10.0 Å². The predicted octanol–water partition coefficient (Wildman–Crippen LogP) is 2.35. The Morgan fingerprint density at radius 1 is 1.23 bits per heavy atom. The van der Waals surface area contributed by atoms with Crippen molar-refractivity contribution < 1.29 is 8.42 Å². The third-order valence-electron chi connectivity index (χ3n) is 4.11. The van der Waals surface area contributed by atoms with Gasteiger partial charge in [-0.05, 0) is 37.4 Å². The molecular formula is C15H21N3O2S2. The van der Waals surface area contributed by atoms with Crippen LogP contribution in [0.5, 0.6) is 0 Å². The van der Waals surface area contributed by atoms with Crippen LogP contribution in [0.1, 0.15) is 25.7 Å². The summed E-state index contributed by atoms with van der Waals surface area (Å²) in [5, 5.41) is 3.35. The van der Waals surface area contributed by atoms with Gasteiger partial charge in [0, 0.05) is 13.1 Å². The largest absolute Gasteiger partial charge is 0.315 e. The lowest BCUT2D eigenvalue weighted by atomic mass is 10.1. The zero-order chi connectivity index (χ0) is 15.4. The molecule has 1 aliphatic carbocycles. The fourth-order valence-corrected chi connectivity index (χ4v) is 5.25. The maximum absolute atomic E-state index is 12.4. The molecule has 0 unspecified atom stereocenters. The van der Waals surface area contributed by atoms with Crippen LogP contribution >= 0.6 is 11.3 Å². The van der Waals surface area contributed by atoms with Crippen molar-refractivity contribution in [2.24, 2.45) is 5.92 Å². The SMILES string of the molecule is O=S(=O)(NCCNCC1CCCC1)c1cccc2ncsc12. The molecule has 0 bridgehead atoms. The average Bonchev–Trinajstić information content (AvgIpc) is 3.17. The fraction of sp³-hybridized carbons (Fsp3) is 0.533. The van der Waals surface area contributed by atoms with E-state index in [1.807, 2.05) is 6.07 Å². The van der Waals surface area contributed by atoms with Gasteiger partial charge in [0.1, 0.15) is 4.90 Å². The van der Waals surface area contributed by atoms with Gasteiger partial charge in [-0.15, -0.1) is 11.3 Å². The molecule has 22 heavy (non-hydrogen) atoms. The Morgan fingerprint density at radius 3 is 2.86 bits per heavy atom. The predicted molar refractivity (Wildman–Crippen MR) is 89.6 cm³/mol. The van der Waals surface area contributed by atoms with Crippen molar-refractivity contribution in [2.45, 2.75) is 30.6 Å². The Kier molecular flexibility index (Phi) is 5.07. The quantitative estimate of drug-likeness (QED) is 0.760. The van der Waals surface area contributed by atoms with E-state index in [1.54, 1.807) is 17.6 Å². The van der Waals surface area contributed by atoms with Crippen LogP contribution in [0.4, 0.5) is 0 Å². The van der Waals surface area contributed by atoms with Crippen LogP contribution in [0.25, 0.3) is 10.2 Å². The molecule has 1 heterocycles. The molecule has 1 fully saturated rings. The monoisotopic (exact) mass is 339 g/mol. The summed E-state index contributed by atoms with van der Waals surface area (Å²) in [5.74, 6) is 0.766. The van der Waals surface area contributed by atoms with Gasteiger partial charge in [0.25, 0.3) is 0 Å². The number of hydrogen-bond acceptors (Lipinski definition) is 5. The first-order valence-corrected chi connectivity index (χ1v) is 10.1. The summed E-state index contributed by atoms with van der Waals surface area (Å²) in [4.78, 5) is 4.48. The van der Waals surface area contributed by atoms with Crippen molar-refractivity contribution in [3.05, 3.63) is 23.7 Å². The highest BCUT2D eigenvalue weighted by Gasteiger charge is 2.18. The number of benzene rings is 1. The van der Waals surface area contributed by atoms with Gasteiger partial charge >= 0.3 is 0 Å². The van der Waals surface area contributed by atoms with Crippen molar-refractivity contribution in [1.82, 2.24) is 15.0 Å². The van der Waals surface area contributed by atoms with E-state index in [0.717, 1.165) is 18.0 Å². The zero-order valence-electron chi connectivity index (χ0n) is 12.4. The molecule has 0 amide bonds. The molecule has 120 valence electrons. The first kappa shape index (κ1) is 15.9. The molecule has 0 atom stereocenters. The first-order valence-electron chi connectivity index (χ1n) is 7.69. The molecule has 0 spiro atoms. The number of nitrogens with one attached hydrogen (secondary N) is 2. The van der Waals surface area contributed by atoms with Gasteiger partial charge in [-0.2, -0.15) is 0 Å². The number of sulfonamides is 1. The second-order valence-corrected chi connectivity index (χ2v) is 8.30. The number of aromatic nitrogens is 1. The Hall–Kier alpha value is -1.02. The Balaban J connectivity index is 1.53. The van der Waals surface area contributed by atoms with Gasteiger partial charge < -0.3 is 5.32 Å². The highest BCUT2D eigenvalue weighted by Crippen LogP contribution is 2.25. The molecular weight excluding hydrogens is 318 g/mol. The Bertz CT molecular complexity index is 721. The highest BCUT2D eigenvalue weighted by atomic mass is 32.2. The van der Waals surface area contributed by atoms with Gasteiger partial charge in [0.15, 0.2) is 0 Å². The number of rotatable bonds is 7. The van der Waals surface area contributed by atoms with E-state index >= 15 is 0 Å². The maximum atomic E-state index is 12.4. The molecule has 0 radical (unpaired) electrons. The minimum absolute atomic E-state index is 0.322. The number of hydrogen-bond donors (Lipinski definition) is 2. The van der Waals surface area contributed by atoms with Crippen LogP contribution in [0, 0.1) is 5.92 Å². The van der Waals surface area contributed by atoms with Crippen LogP contribution in [-0.4, -0.2) is 33.0 Å². The summed E-state index contributed by atoms with van der Waals surface area (Å²) in [6.45, 7) is 2.06. The van der Waals surface area contributed by atoms with Crippen molar-refractivity contribution in [2.75, 3.05) is 19.6 Å². The molecule has 0 aliphatic heterocycles. The van der Waals surface area contributed by atoms with E-state index < -0.39 is 10.0 Å². The van der Waals surface area contributed by atoms with E-state index in [-0.39, 0.29) is 0 Å². The molecule has 1 saturated carbocycles. The summed E-state index contributed by atoms with van der Waals surface area (Å²) in [6.07, 6.45) is 5.26. The lowest BCUT2D eigenvalue weighted by Crippen LogP contribution is -2.33. The fourth-order valence-electron chi connectivity index (χ4n) is 2.94. The van der Waals surface area contributed by atoms with Gasteiger partial charge in [-0.1, -0.05) is 18.9 Å². The summed E-state index contributed by atoms with van der Waals surface area (Å²) in [6, 6.07) is 5.19. The number of thiazole rings is 1. The van der Waals surface area contributed by atoms with E-state index in [4.69, 9.17) is 0 Å². The smallest absolute Gasteiger partial charge is 0.242 e. The lowest BCUT2D eigenvalue weighted by molar-refractivity contribution is 0.489. The molecule has 5 nitrogen and oxygen atoms in total. The van der Waals surface area contributed by atoms with Crippen molar-refractivity contribution in [3.8, 4) is 0 Å². The van der Waals surface area contributed by atoms with E-state index in [0.29, 0.717) is 22.7 Å². The van der Waals surface area contributed by atoms with Crippen molar-refractivity contribution in [3.63, 3.8) is 0 Å². The second-order valence-electron chi connectivity index (χ2n) is 5.71. The Labute approximate surface area is 135 Å². The number of fused-ring (bicyclic) bond motifs is 1. The summed E-state index contributed by atoms with van der Waals surface area (Å²) < 4.78 is 28.2. The maximum Gasteiger partial charge on any atom is 0.242 e. The molecule has 7 heteroatoms. The van der Waals surface area contributed by atoms with Crippen LogP contribution in [0.2, 0.25) is 0 Å². The normalized spacial score (nSPS) is 16.5. The van der Waals surface area contributed by atoms with Gasteiger partial charge in [0.05, 0.1) is 15.7 Å². The molecule has 2 N–H and O–H groups in total. The lowest BCUT2D eigenvalue weighted by Gasteiger charge is -2.11. The average molecular weight is 339 g/mol. The minimum Gasteiger partial charge on any atom is -0.315 e. The summed E-state index contributed by atoms with van der Waals surface area (Å²) in [5.41, 5.74) is 2.40.